The number of nitrogens with two attached hydrogens (primary N) is 1. The summed E-state index contributed by atoms with van der Waals surface area (Å²) in [5.41, 5.74) is 5.76. The Bertz CT molecular complexity index is 408. The Morgan fingerprint density at radius 1 is 1.50 bits per heavy atom. The molecular weight excluding hydrogens is 235 g/mol. The van der Waals surface area contributed by atoms with Gasteiger partial charge in [0, 0.05) is 18.2 Å². The third-order valence-electron chi connectivity index (χ3n) is 2.33. The highest BCUT2D eigenvalue weighted by molar-refractivity contribution is 5.73. The number of primary amides is 1. The second kappa shape index (κ2) is 6.96. The lowest BCUT2D eigenvalue weighted by atomic mass is 10.2. The first-order chi connectivity index (χ1) is 8.49. The van der Waals surface area contributed by atoms with Gasteiger partial charge in [0.1, 0.15) is 11.6 Å². The average molecular weight is 254 g/mol. The maximum Gasteiger partial charge on any atom is 0.220 e. The molecule has 1 amide bonds. The number of carbonyl (C=O) groups excluding carboxylic acids is 1. The van der Waals surface area contributed by atoms with Gasteiger partial charge in [-0.25, -0.2) is 4.39 Å². The van der Waals surface area contributed by atoms with Crippen molar-refractivity contribution in [3.8, 4) is 5.75 Å². The van der Waals surface area contributed by atoms with Crippen LogP contribution < -0.4 is 15.8 Å². The molecule has 0 saturated heterocycles. The van der Waals surface area contributed by atoms with Crippen molar-refractivity contribution < 1.29 is 13.9 Å². The maximum atomic E-state index is 13.2. The van der Waals surface area contributed by atoms with E-state index in [1.54, 1.807) is 6.07 Å². The van der Waals surface area contributed by atoms with E-state index in [9.17, 15) is 9.18 Å². The van der Waals surface area contributed by atoms with Crippen LogP contribution in [0.15, 0.2) is 18.2 Å². The Hall–Kier alpha value is -1.62. The lowest BCUT2D eigenvalue weighted by Crippen LogP contribution is -2.22. The molecule has 0 spiro atoms. The molecule has 18 heavy (non-hydrogen) atoms. The monoisotopic (exact) mass is 254 g/mol. The number of rotatable bonds is 7. The highest BCUT2D eigenvalue weighted by Gasteiger charge is 2.07. The van der Waals surface area contributed by atoms with Crippen molar-refractivity contribution in [3.05, 3.63) is 29.6 Å². The maximum absolute atomic E-state index is 13.2. The molecule has 0 radical (unpaired) electrons. The van der Waals surface area contributed by atoms with Gasteiger partial charge in [-0.1, -0.05) is 13.8 Å². The molecule has 3 N–H and O–H groups in total. The Balaban J connectivity index is 2.66. The van der Waals surface area contributed by atoms with E-state index in [4.69, 9.17) is 10.5 Å². The number of hydrogen-bond donors (Lipinski definition) is 2. The first-order valence-corrected chi connectivity index (χ1v) is 5.92. The molecule has 0 aliphatic rings. The highest BCUT2D eigenvalue weighted by Crippen LogP contribution is 2.20. The van der Waals surface area contributed by atoms with Gasteiger partial charge in [0.15, 0.2) is 0 Å². The highest BCUT2D eigenvalue weighted by atomic mass is 19.1. The summed E-state index contributed by atoms with van der Waals surface area (Å²) in [4.78, 5) is 10.6. The summed E-state index contributed by atoms with van der Waals surface area (Å²) in [6, 6.07) is 4.62. The van der Waals surface area contributed by atoms with E-state index in [0.717, 1.165) is 5.56 Å². The molecule has 5 heteroatoms. The predicted octanol–water partition coefficient (Wildman–Crippen LogP) is 1.58. The fourth-order valence-corrected chi connectivity index (χ4v) is 1.40. The van der Waals surface area contributed by atoms with Gasteiger partial charge in [0.25, 0.3) is 0 Å². The summed E-state index contributed by atoms with van der Waals surface area (Å²) in [6.07, 6.45) is 0.147. The van der Waals surface area contributed by atoms with Crippen molar-refractivity contribution in [2.24, 2.45) is 5.73 Å². The molecule has 1 rings (SSSR count). The normalized spacial score (nSPS) is 10.7. The quantitative estimate of drug-likeness (QED) is 0.776. The van der Waals surface area contributed by atoms with Crippen LogP contribution in [0.3, 0.4) is 0 Å². The van der Waals surface area contributed by atoms with Crippen LogP contribution in [0.5, 0.6) is 5.75 Å². The first-order valence-electron chi connectivity index (χ1n) is 5.92. The molecular formula is C13H19FN2O2. The van der Waals surface area contributed by atoms with Crippen molar-refractivity contribution in [3.63, 3.8) is 0 Å². The summed E-state index contributed by atoms with van der Waals surface area (Å²) >= 11 is 0. The van der Waals surface area contributed by atoms with E-state index in [-0.39, 0.29) is 18.8 Å². The molecule has 0 bridgehead atoms. The Labute approximate surface area is 106 Å². The molecule has 0 aliphatic carbocycles. The topological polar surface area (TPSA) is 64.3 Å². The van der Waals surface area contributed by atoms with E-state index in [2.05, 4.69) is 5.32 Å². The predicted molar refractivity (Wildman–Crippen MR) is 67.7 cm³/mol. The van der Waals surface area contributed by atoms with Crippen LogP contribution in [0.25, 0.3) is 0 Å². The van der Waals surface area contributed by atoms with E-state index >= 15 is 0 Å². The van der Waals surface area contributed by atoms with Crippen LogP contribution in [0.2, 0.25) is 0 Å². The minimum absolute atomic E-state index is 0.147. The van der Waals surface area contributed by atoms with E-state index < -0.39 is 5.91 Å². The molecule has 0 unspecified atom stereocenters. The molecule has 0 heterocycles. The fraction of sp³-hybridized carbons (Fsp3) is 0.462. The Morgan fingerprint density at radius 2 is 2.22 bits per heavy atom. The molecule has 0 aliphatic heterocycles. The van der Waals surface area contributed by atoms with Gasteiger partial charge in [-0.3, -0.25) is 4.79 Å². The van der Waals surface area contributed by atoms with Crippen LogP contribution >= 0.6 is 0 Å². The number of ether oxygens (including phenoxy) is 1. The summed E-state index contributed by atoms with van der Waals surface area (Å²) in [7, 11) is 0. The zero-order valence-electron chi connectivity index (χ0n) is 10.7. The standard InChI is InChI=1S/C13H19FN2O2/c1-9(2)16-8-10-7-11(14)3-4-12(10)18-6-5-13(15)17/h3-4,7,9,16H,5-6,8H2,1-2H3,(H2,15,17). The molecule has 100 valence electrons. The fourth-order valence-electron chi connectivity index (χ4n) is 1.40. The Morgan fingerprint density at radius 3 is 2.83 bits per heavy atom. The molecule has 1 aromatic carbocycles. The zero-order valence-corrected chi connectivity index (χ0v) is 10.7. The lowest BCUT2D eigenvalue weighted by molar-refractivity contribution is -0.118. The van der Waals surface area contributed by atoms with Crippen LogP contribution in [0.4, 0.5) is 4.39 Å². The molecule has 1 aromatic rings. The number of benzene rings is 1. The van der Waals surface area contributed by atoms with Crippen molar-refractivity contribution in [1.29, 1.82) is 0 Å². The third kappa shape index (κ3) is 5.14. The second-order valence-electron chi connectivity index (χ2n) is 4.35. The van der Waals surface area contributed by atoms with Crippen molar-refractivity contribution in [2.75, 3.05) is 6.61 Å². The lowest BCUT2D eigenvalue weighted by Gasteiger charge is -2.13. The molecule has 0 aromatic heterocycles. The summed E-state index contributed by atoms with van der Waals surface area (Å²) in [5.74, 6) is -0.150. The van der Waals surface area contributed by atoms with E-state index in [1.807, 2.05) is 13.8 Å². The minimum Gasteiger partial charge on any atom is -0.493 e. The molecule has 0 atom stereocenters. The van der Waals surface area contributed by atoms with Gasteiger partial charge in [0.2, 0.25) is 5.91 Å². The number of carbonyl (C=O) groups is 1. The van der Waals surface area contributed by atoms with Crippen LogP contribution in [0, 0.1) is 5.82 Å². The minimum atomic E-state index is -0.418. The van der Waals surface area contributed by atoms with Gasteiger partial charge in [-0.15, -0.1) is 0 Å². The summed E-state index contributed by atoms with van der Waals surface area (Å²) < 4.78 is 18.6. The van der Waals surface area contributed by atoms with Crippen molar-refractivity contribution in [2.45, 2.75) is 32.9 Å². The average Bonchev–Trinajstić information content (AvgIpc) is 2.28. The van der Waals surface area contributed by atoms with Gasteiger partial charge >= 0.3 is 0 Å². The largest absolute Gasteiger partial charge is 0.493 e. The van der Waals surface area contributed by atoms with E-state index in [1.165, 1.54) is 12.1 Å². The van der Waals surface area contributed by atoms with Crippen LogP contribution in [0.1, 0.15) is 25.8 Å². The number of amides is 1. The van der Waals surface area contributed by atoms with Crippen LogP contribution in [-0.2, 0) is 11.3 Å². The summed E-state index contributed by atoms with van der Waals surface area (Å²) in [5, 5.41) is 3.19. The van der Waals surface area contributed by atoms with Crippen LogP contribution in [-0.4, -0.2) is 18.6 Å². The second-order valence-corrected chi connectivity index (χ2v) is 4.35. The van der Waals surface area contributed by atoms with E-state index in [0.29, 0.717) is 18.3 Å². The number of halogens is 1. The SMILES string of the molecule is CC(C)NCc1cc(F)ccc1OCCC(N)=O. The molecule has 4 nitrogen and oxygen atoms in total. The molecule has 0 saturated carbocycles. The van der Waals surface area contributed by atoms with Gasteiger partial charge in [0.05, 0.1) is 13.0 Å². The smallest absolute Gasteiger partial charge is 0.220 e. The zero-order chi connectivity index (χ0) is 13.5. The first kappa shape index (κ1) is 14.4. The van der Waals surface area contributed by atoms with Gasteiger partial charge in [-0.05, 0) is 18.2 Å². The van der Waals surface area contributed by atoms with Gasteiger partial charge < -0.3 is 15.8 Å². The molecule has 0 fully saturated rings. The van der Waals surface area contributed by atoms with Gasteiger partial charge in [-0.2, -0.15) is 0 Å². The number of hydrogen-bond acceptors (Lipinski definition) is 3. The number of nitrogens with one attached hydrogen (secondary N) is 1. The van der Waals surface area contributed by atoms with Crippen molar-refractivity contribution >= 4 is 5.91 Å². The van der Waals surface area contributed by atoms with Crippen molar-refractivity contribution in [1.82, 2.24) is 5.32 Å². The Kier molecular flexibility index (Phi) is 5.58. The third-order valence-corrected chi connectivity index (χ3v) is 2.33. The summed E-state index contributed by atoms with van der Waals surface area (Å²) in [6.45, 7) is 4.73.